The average molecular weight is 436 g/mol. The molecular formula is C18H11Cl2N3O2S2. The molecule has 0 spiro atoms. The Morgan fingerprint density at radius 2 is 1.93 bits per heavy atom. The molecule has 0 aliphatic carbocycles. The molecule has 27 heavy (non-hydrogen) atoms. The van der Waals surface area contributed by atoms with Crippen molar-refractivity contribution in [1.82, 2.24) is 10.1 Å². The summed E-state index contributed by atoms with van der Waals surface area (Å²) in [4.78, 5) is 18.4. The molecule has 1 N–H and O–H groups in total. The number of thiophene rings is 1. The standard InChI is InChI=1S/C18H11Cl2N3O2S2/c1-9-14(16(23-25-9)15-10(19)4-2-5-11(15)20)17(24)22-18-21-12(8-27-18)13-6-3-7-26-13/h2-8H,1H3,(H,21,22,24). The summed E-state index contributed by atoms with van der Waals surface area (Å²) in [7, 11) is 0. The van der Waals surface area contributed by atoms with Crippen molar-refractivity contribution in [2.75, 3.05) is 5.32 Å². The van der Waals surface area contributed by atoms with E-state index in [0.717, 1.165) is 10.6 Å². The molecule has 4 aromatic rings. The van der Waals surface area contributed by atoms with E-state index in [1.807, 2.05) is 22.9 Å². The van der Waals surface area contributed by atoms with E-state index in [0.29, 0.717) is 32.2 Å². The van der Waals surface area contributed by atoms with Crippen molar-refractivity contribution in [3.05, 3.63) is 62.5 Å². The van der Waals surface area contributed by atoms with E-state index >= 15 is 0 Å². The second kappa shape index (κ2) is 7.44. The van der Waals surface area contributed by atoms with Crippen molar-refractivity contribution in [1.29, 1.82) is 0 Å². The van der Waals surface area contributed by atoms with E-state index < -0.39 is 0 Å². The maximum Gasteiger partial charge on any atom is 0.263 e. The van der Waals surface area contributed by atoms with Gasteiger partial charge in [-0.1, -0.05) is 40.5 Å². The van der Waals surface area contributed by atoms with E-state index in [2.05, 4.69) is 15.5 Å². The number of halogens is 2. The molecule has 4 rings (SSSR count). The van der Waals surface area contributed by atoms with Crippen LogP contribution in [0.15, 0.2) is 45.6 Å². The third-order valence-electron chi connectivity index (χ3n) is 3.79. The van der Waals surface area contributed by atoms with Gasteiger partial charge in [-0.3, -0.25) is 10.1 Å². The molecule has 0 fully saturated rings. The molecule has 0 aliphatic rings. The highest BCUT2D eigenvalue weighted by molar-refractivity contribution is 7.16. The fraction of sp³-hybridized carbons (Fsp3) is 0.0556. The molecule has 1 amide bonds. The zero-order valence-electron chi connectivity index (χ0n) is 13.8. The van der Waals surface area contributed by atoms with E-state index in [1.54, 1.807) is 36.5 Å². The molecule has 0 aliphatic heterocycles. The Morgan fingerprint density at radius 1 is 1.15 bits per heavy atom. The van der Waals surface area contributed by atoms with E-state index in [-0.39, 0.29) is 11.5 Å². The lowest BCUT2D eigenvalue weighted by Crippen LogP contribution is -2.13. The minimum atomic E-state index is -0.383. The number of hydrogen-bond acceptors (Lipinski definition) is 6. The Hall–Kier alpha value is -2.19. The topological polar surface area (TPSA) is 68.0 Å². The highest BCUT2D eigenvalue weighted by Crippen LogP contribution is 2.37. The molecule has 9 heteroatoms. The average Bonchev–Trinajstić information content (AvgIpc) is 3.35. The van der Waals surface area contributed by atoms with Gasteiger partial charge in [0.2, 0.25) is 0 Å². The van der Waals surface area contributed by atoms with Crippen LogP contribution in [0.1, 0.15) is 16.1 Å². The second-order valence-electron chi connectivity index (χ2n) is 5.53. The molecule has 3 aromatic heterocycles. The number of benzene rings is 1. The first-order valence-electron chi connectivity index (χ1n) is 7.76. The smallest absolute Gasteiger partial charge is 0.263 e. The molecule has 1 aromatic carbocycles. The number of thiazole rings is 1. The van der Waals surface area contributed by atoms with E-state index in [9.17, 15) is 4.79 Å². The van der Waals surface area contributed by atoms with Crippen molar-refractivity contribution in [3.63, 3.8) is 0 Å². The minimum absolute atomic E-state index is 0.276. The summed E-state index contributed by atoms with van der Waals surface area (Å²) in [6.45, 7) is 1.66. The molecule has 0 saturated carbocycles. The summed E-state index contributed by atoms with van der Waals surface area (Å²) in [5.74, 6) is -0.0136. The zero-order valence-corrected chi connectivity index (χ0v) is 17.0. The molecule has 0 saturated heterocycles. The van der Waals surface area contributed by atoms with Crippen LogP contribution in [0.4, 0.5) is 5.13 Å². The zero-order chi connectivity index (χ0) is 19.0. The highest BCUT2D eigenvalue weighted by atomic mass is 35.5. The van der Waals surface area contributed by atoms with Gasteiger partial charge in [0, 0.05) is 10.9 Å². The molecule has 5 nitrogen and oxygen atoms in total. The third-order valence-corrected chi connectivity index (χ3v) is 6.07. The molecule has 0 bridgehead atoms. The molecule has 136 valence electrons. The van der Waals surface area contributed by atoms with Gasteiger partial charge in [-0.2, -0.15) is 0 Å². The fourth-order valence-corrected chi connectivity index (χ4v) is 4.61. The largest absolute Gasteiger partial charge is 0.360 e. The normalized spacial score (nSPS) is 10.9. The van der Waals surface area contributed by atoms with Crippen LogP contribution in [0, 0.1) is 6.92 Å². The summed E-state index contributed by atoms with van der Waals surface area (Å²) < 4.78 is 5.24. The summed E-state index contributed by atoms with van der Waals surface area (Å²) in [5.41, 5.74) is 1.86. The van der Waals surface area contributed by atoms with Crippen molar-refractivity contribution >= 4 is 56.9 Å². The number of rotatable bonds is 4. The first-order valence-corrected chi connectivity index (χ1v) is 10.3. The SMILES string of the molecule is Cc1onc(-c2c(Cl)cccc2Cl)c1C(=O)Nc1nc(-c2cccs2)cs1. The predicted molar refractivity (Wildman–Crippen MR) is 110 cm³/mol. The summed E-state index contributed by atoms with van der Waals surface area (Å²) >= 11 is 15.5. The van der Waals surface area contributed by atoms with Crippen LogP contribution >= 0.6 is 45.9 Å². The number of aryl methyl sites for hydroxylation is 1. The van der Waals surface area contributed by atoms with Crippen LogP contribution in [-0.4, -0.2) is 16.0 Å². The van der Waals surface area contributed by atoms with Gasteiger partial charge in [0.15, 0.2) is 5.13 Å². The van der Waals surface area contributed by atoms with Crippen LogP contribution in [0.25, 0.3) is 21.8 Å². The lowest BCUT2D eigenvalue weighted by molar-refractivity contribution is 0.102. The van der Waals surface area contributed by atoms with Crippen LogP contribution in [-0.2, 0) is 0 Å². The van der Waals surface area contributed by atoms with E-state index in [1.165, 1.54) is 11.3 Å². The van der Waals surface area contributed by atoms with Crippen LogP contribution < -0.4 is 5.32 Å². The van der Waals surface area contributed by atoms with Gasteiger partial charge in [0.25, 0.3) is 5.91 Å². The fourth-order valence-electron chi connectivity index (χ4n) is 2.56. The summed E-state index contributed by atoms with van der Waals surface area (Å²) in [5, 5.41) is 11.9. The van der Waals surface area contributed by atoms with Gasteiger partial charge >= 0.3 is 0 Å². The van der Waals surface area contributed by atoms with Crippen LogP contribution in [0.3, 0.4) is 0 Å². The van der Waals surface area contributed by atoms with Crippen LogP contribution in [0.2, 0.25) is 10.0 Å². The monoisotopic (exact) mass is 435 g/mol. The quantitative estimate of drug-likeness (QED) is 0.402. The number of nitrogens with one attached hydrogen (secondary N) is 1. The van der Waals surface area contributed by atoms with Gasteiger partial charge in [-0.05, 0) is 30.5 Å². The van der Waals surface area contributed by atoms with Crippen LogP contribution in [0.5, 0.6) is 0 Å². The highest BCUT2D eigenvalue weighted by Gasteiger charge is 2.25. The summed E-state index contributed by atoms with van der Waals surface area (Å²) in [6, 6.07) is 9.03. The minimum Gasteiger partial charge on any atom is -0.360 e. The number of hydrogen-bond donors (Lipinski definition) is 1. The maximum absolute atomic E-state index is 12.9. The molecule has 0 unspecified atom stereocenters. The first kappa shape index (κ1) is 18.2. The Kier molecular flexibility index (Phi) is 5.01. The number of amides is 1. The van der Waals surface area contributed by atoms with Gasteiger partial charge < -0.3 is 4.52 Å². The Balaban J connectivity index is 1.66. The van der Waals surface area contributed by atoms with Gasteiger partial charge in [-0.25, -0.2) is 4.98 Å². The predicted octanol–water partition coefficient (Wildman–Crippen LogP) is 6.39. The van der Waals surface area contributed by atoms with Crippen molar-refractivity contribution in [2.24, 2.45) is 0 Å². The number of anilines is 1. The van der Waals surface area contributed by atoms with Crippen molar-refractivity contribution < 1.29 is 9.32 Å². The van der Waals surface area contributed by atoms with Crippen molar-refractivity contribution in [3.8, 4) is 21.8 Å². The Bertz CT molecular complexity index is 1100. The number of aromatic nitrogens is 2. The number of nitrogens with zero attached hydrogens (tertiary/aromatic N) is 2. The van der Waals surface area contributed by atoms with Crippen molar-refractivity contribution in [2.45, 2.75) is 6.92 Å². The second-order valence-corrected chi connectivity index (χ2v) is 8.15. The molecule has 3 heterocycles. The molecular weight excluding hydrogens is 425 g/mol. The first-order chi connectivity index (χ1) is 13.0. The number of carbonyl (C=O) groups excluding carboxylic acids is 1. The molecule has 0 radical (unpaired) electrons. The lowest BCUT2D eigenvalue weighted by atomic mass is 10.1. The molecule has 0 atom stereocenters. The van der Waals surface area contributed by atoms with Gasteiger partial charge in [0.1, 0.15) is 17.0 Å². The summed E-state index contributed by atoms with van der Waals surface area (Å²) in [6.07, 6.45) is 0. The maximum atomic E-state index is 12.9. The van der Waals surface area contributed by atoms with Gasteiger partial charge in [-0.15, -0.1) is 22.7 Å². The Labute approximate surface area is 172 Å². The van der Waals surface area contributed by atoms with Gasteiger partial charge in [0.05, 0.1) is 20.6 Å². The Morgan fingerprint density at radius 3 is 2.63 bits per heavy atom. The lowest BCUT2D eigenvalue weighted by Gasteiger charge is -2.06. The third kappa shape index (κ3) is 3.51. The number of carbonyl (C=O) groups is 1. The van der Waals surface area contributed by atoms with E-state index in [4.69, 9.17) is 27.7 Å².